The number of hydrogen-bond donors (Lipinski definition) is 1. The number of ether oxygens (including phenoxy) is 1. The van der Waals surface area contributed by atoms with Gasteiger partial charge in [-0.05, 0) is 18.3 Å². The van der Waals surface area contributed by atoms with Crippen molar-refractivity contribution in [3.8, 4) is 0 Å². The summed E-state index contributed by atoms with van der Waals surface area (Å²) < 4.78 is 5.16. The Bertz CT molecular complexity index is 181. The van der Waals surface area contributed by atoms with Crippen molar-refractivity contribution in [1.29, 1.82) is 0 Å². The van der Waals surface area contributed by atoms with Crippen LogP contribution in [0.4, 0.5) is 0 Å². The second-order valence-electron chi connectivity index (χ2n) is 4.39. The number of nitrogens with zero attached hydrogens (tertiary/aromatic N) is 1. The van der Waals surface area contributed by atoms with Gasteiger partial charge in [-0.1, -0.05) is 0 Å². The van der Waals surface area contributed by atoms with E-state index in [2.05, 4.69) is 4.90 Å². The normalized spacial score (nSPS) is 48.2. The summed E-state index contributed by atoms with van der Waals surface area (Å²) in [7, 11) is 0. The molecule has 1 aliphatic carbocycles. The maximum absolute atomic E-state index is 9.56. The molecule has 4 aliphatic rings. The van der Waals surface area contributed by atoms with Crippen molar-refractivity contribution in [1.82, 2.24) is 4.90 Å². The number of fused-ring (bicyclic) bond motifs is 2. The number of hydrogen-bond acceptors (Lipinski definition) is 3. The Kier molecular flexibility index (Phi) is 1.48. The van der Waals surface area contributed by atoms with Crippen LogP contribution in [0, 0.1) is 11.8 Å². The van der Waals surface area contributed by atoms with Gasteiger partial charge in [-0.15, -0.1) is 0 Å². The summed E-state index contributed by atoms with van der Waals surface area (Å²) in [6.45, 7) is 4.03. The number of aliphatic hydroxyl groups excluding tert-OH is 1. The van der Waals surface area contributed by atoms with Crippen LogP contribution in [-0.2, 0) is 4.74 Å². The quantitative estimate of drug-likeness (QED) is 0.585. The molecule has 2 bridgehead atoms. The zero-order valence-electron chi connectivity index (χ0n) is 7.15. The van der Waals surface area contributed by atoms with E-state index in [4.69, 9.17) is 4.74 Å². The van der Waals surface area contributed by atoms with Crippen molar-refractivity contribution >= 4 is 0 Å². The van der Waals surface area contributed by atoms with Crippen molar-refractivity contribution in [3.05, 3.63) is 0 Å². The van der Waals surface area contributed by atoms with E-state index in [1.165, 1.54) is 6.42 Å². The minimum atomic E-state index is 0.0160. The number of aliphatic hydroxyl groups is 1. The molecule has 3 heteroatoms. The Morgan fingerprint density at radius 3 is 2.25 bits per heavy atom. The first kappa shape index (κ1) is 7.30. The van der Waals surface area contributed by atoms with Gasteiger partial charge in [0.05, 0.1) is 25.4 Å². The molecule has 2 unspecified atom stereocenters. The maximum Gasteiger partial charge on any atom is 0.0645 e. The minimum Gasteiger partial charge on any atom is -0.392 e. The fourth-order valence-corrected chi connectivity index (χ4v) is 2.63. The van der Waals surface area contributed by atoms with E-state index in [1.54, 1.807) is 0 Å². The smallest absolute Gasteiger partial charge is 0.0645 e. The van der Waals surface area contributed by atoms with Gasteiger partial charge < -0.3 is 9.84 Å². The van der Waals surface area contributed by atoms with Crippen molar-refractivity contribution in [3.63, 3.8) is 0 Å². The predicted molar refractivity (Wildman–Crippen MR) is 43.8 cm³/mol. The van der Waals surface area contributed by atoms with Gasteiger partial charge in [0.2, 0.25) is 0 Å². The van der Waals surface area contributed by atoms with Crippen LogP contribution in [0.15, 0.2) is 0 Å². The van der Waals surface area contributed by atoms with Crippen molar-refractivity contribution in [2.24, 2.45) is 11.8 Å². The first-order chi connectivity index (χ1) is 5.84. The standard InChI is InChI=1S/C9H15NO2/c11-9-6-1-7(9)3-10(2-6)8-4-12-5-8/h6-9,11H,1-5H2. The number of piperidine rings is 2. The van der Waals surface area contributed by atoms with Crippen molar-refractivity contribution < 1.29 is 9.84 Å². The van der Waals surface area contributed by atoms with Crippen LogP contribution < -0.4 is 0 Å². The molecular formula is C9H15NO2. The SMILES string of the molecule is OC1C2CC1CN(C1COC1)C2. The molecule has 3 heterocycles. The zero-order chi connectivity index (χ0) is 8.13. The first-order valence-electron chi connectivity index (χ1n) is 4.84. The molecule has 3 saturated heterocycles. The molecule has 0 radical (unpaired) electrons. The molecule has 0 aromatic rings. The van der Waals surface area contributed by atoms with E-state index in [0.29, 0.717) is 17.9 Å². The van der Waals surface area contributed by atoms with Gasteiger partial charge >= 0.3 is 0 Å². The lowest BCUT2D eigenvalue weighted by atomic mass is 9.68. The van der Waals surface area contributed by atoms with E-state index in [-0.39, 0.29) is 6.10 Å². The third-order valence-electron chi connectivity index (χ3n) is 3.65. The molecule has 4 rings (SSSR count). The lowest BCUT2D eigenvalue weighted by Gasteiger charge is -2.54. The van der Waals surface area contributed by atoms with Gasteiger partial charge in [0, 0.05) is 13.1 Å². The van der Waals surface area contributed by atoms with Crippen LogP contribution in [0.25, 0.3) is 0 Å². The zero-order valence-corrected chi connectivity index (χ0v) is 7.15. The molecule has 3 nitrogen and oxygen atoms in total. The fourth-order valence-electron chi connectivity index (χ4n) is 2.63. The highest BCUT2D eigenvalue weighted by atomic mass is 16.5. The van der Waals surface area contributed by atoms with Crippen molar-refractivity contribution in [2.45, 2.75) is 18.6 Å². The van der Waals surface area contributed by atoms with E-state index in [1.807, 2.05) is 0 Å². The molecule has 4 fully saturated rings. The van der Waals surface area contributed by atoms with Crippen LogP contribution in [0.2, 0.25) is 0 Å². The summed E-state index contributed by atoms with van der Waals surface area (Å²) >= 11 is 0. The Hall–Kier alpha value is -0.120. The van der Waals surface area contributed by atoms with Gasteiger partial charge in [0.25, 0.3) is 0 Å². The Morgan fingerprint density at radius 2 is 1.83 bits per heavy atom. The largest absolute Gasteiger partial charge is 0.392 e. The van der Waals surface area contributed by atoms with E-state index in [9.17, 15) is 5.11 Å². The minimum absolute atomic E-state index is 0.0160. The van der Waals surface area contributed by atoms with Gasteiger partial charge in [-0.3, -0.25) is 4.90 Å². The molecular weight excluding hydrogens is 154 g/mol. The Labute approximate surface area is 72.3 Å². The van der Waals surface area contributed by atoms with Crippen LogP contribution in [-0.4, -0.2) is 48.5 Å². The second kappa shape index (κ2) is 2.44. The highest BCUT2D eigenvalue weighted by Crippen LogP contribution is 2.40. The third-order valence-corrected chi connectivity index (χ3v) is 3.65. The Balaban J connectivity index is 1.63. The lowest BCUT2D eigenvalue weighted by molar-refractivity contribution is -0.154. The summed E-state index contributed by atoms with van der Waals surface area (Å²) in [5.41, 5.74) is 0. The molecule has 2 atom stereocenters. The molecule has 68 valence electrons. The van der Waals surface area contributed by atoms with Gasteiger partial charge in [0.15, 0.2) is 0 Å². The second-order valence-corrected chi connectivity index (χ2v) is 4.39. The van der Waals surface area contributed by atoms with Crippen LogP contribution in [0.1, 0.15) is 6.42 Å². The molecule has 0 aromatic carbocycles. The fraction of sp³-hybridized carbons (Fsp3) is 1.00. The number of rotatable bonds is 1. The van der Waals surface area contributed by atoms with E-state index >= 15 is 0 Å². The average Bonchev–Trinajstić information content (AvgIpc) is 2.01. The van der Waals surface area contributed by atoms with Gasteiger partial charge in [0.1, 0.15) is 0 Å². The maximum atomic E-state index is 9.56. The van der Waals surface area contributed by atoms with Gasteiger partial charge in [-0.25, -0.2) is 0 Å². The van der Waals surface area contributed by atoms with Gasteiger partial charge in [-0.2, -0.15) is 0 Å². The lowest BCUT2D eigenvalue weighted by Crippen LogP contribution is -2.63. The average molecular weight is 169 g/mol. The highest BCUT2D eigenvalue weighted by molar-refractivity contribution is 4.99. The van der Waals surface area contributed by atoms with Crippen LogP contribution in [0.5, 0.6) is 0 Å². The monoisotopic (exact) mass is 169 g/mol. The Morgan fingerprint density at radius 1 is 1.17 bits per heavy atom. The summed E-state index contributed by atoms with van der Waals surface area (Å²) in [4.78, 5) is 2.50. The predicted octanol–water partition coefficient (Wildman–Crippen LogP) is -0.302. The summed E-state index contributed by atoms with van der Waals surface area (Å²) in [6, 6.07) is 0.669. The van der Waals surface area contributed by atoms with Crippen LogP contribution >= 0.6 is 0 Å². The summed E-state index contributed by atoms with van der Waals surface area (Å²) in [5, 5.41) is 9.56. The third kappa shape index (κ3) is 0.873. The van der Waals surface area contributed by atoms with E-state index < -0.39 is 0 Å². The molecule has 0 aromatic heterocycles. The topological polar surface area (TPSA) is 32.7 Å². The first-order valence-corrected chi connectivity index (χ1v) is 4.84. The molecule has 0 spiro atoms. The summed E-state index contributed by atoms with van der Waals surface area (Å²) in [5.74, 6) is 1.15. The van der Waals surface area contributed by atoms with Crippen molar-refractivity contribution in [2.75, 3.05) is 26.3 Å². The highest BCUT2D eigenvalue weighted by Gasteiger charge is 2.47. The molecule has 1 saturated carbocycles. The molecule has 0 amide bonds. The molecule has 3 aliphatic heterocycles. The van der Waals surface area contributed by atoms with Crippen LogP contribution in [0.3, 0.4) is 0 Å². The summed E-state index contributed by atoms with van der Waals surface area (Å²) in [6.07, 6.45) is 1.27. The molecule has 12 heavy (non-hydrogen) atoms. The van der Waals surface area contributed by atoms with E-state index in [0.717, 1.165) is 26.3 Å². The molecule has 1 N–H and O–H groups in total.